The highest BCUT2D eigenvalue weighted by atomic mass is 16.5. The van der Waals surface area contributed by atoms with Crippen LogP contribution in [-0.4, -0.2) is 27.4 Å². The topological polar surface area (TPSA) is 84.3 Å². The van der Waals surface area contributed by atoms with Crippen LogP contribution in [0.5, 0.6) is 0 Å². The number of fused-ring (bicyclic) bond motifs is 1. The van der Waals surface area contributed by atoms with E-state index in [-0.39, 0.29) is 12.7 Å². The number of nitrogens with zero attached hydrogens (tertiary/aromatic N) is 1. The minimum atomic E-state index is -0.643. The van der Waals surface area contributed by atoms with Crippen molar-refractivity contribution in [3.8, 4) is 0 Å². The summed E-state index contributed by atoms with van der Waals surface area (Å²) in [6.07, 6.45) is 1.07. The average Bonchev–Trinajstić information content (AvgIpc) is 2.50. The van der Waals surface area contributed by atoms with Crippen molar-refractivity contribution in [3.05, 3.63) is 68.0 Å². The smallest absolute Gasteiger partial charge is 0.330 e. The van der Waals surface area contributed by atoms with Gasteiger partial charge < -0.3 is 9.84 Å². The first-order valence-corrected chi connectivity index (χ1v) is 6.76. The van der Waals surface area contributed by atoms with Crippen LogP contribution in [0.15, 0.2) is 40.1 Å². The second kappa shape index (κ2) is 5.31. The van der Waals surface area contributed by atoms with Crippen molar-refractivity contribution in [1.29, 1.82) is 0 Å². The molecule has 1 aromatic heterocycles. The second-order valence-corrected chi connectivity index (χ2v) is 5.17. The third-order valence-electron chi connectivity index (χ3n) is 3.69. The van der Waals surface area contributed by atoms with E-state index in [1.54, 1.807) is 6.92 Å². The van der Waals surface area contributed by atoms with Crippen molar-refractivity contribution >= 4 is 0 Å². The van der Waals surface area contributed by atoms with Crippen molar-refractivity contribution in [1.82, 2.24) is 9.55 Å². The zero-order valence-electron chi connectivity index (χ0n) is 11.6. The fourth-order valence-electron chi connectivity index (χ4n) is 2.59. The predicted molar refractivity (Wildman–Crippen MR) is 76.3 cm³/mol. The summed E-state index contributed by atoms with van der Waals surface area (Å²) in [6.45, 7) is 1.51. The van der Waals surface area contributed by atoms with Gasteiger partial charge in [0.25, 0.3) is 5.56 Å². The normalized spacial score (nSPS) is 21.0. The summed E-state index contributed by atoms with van der Waals surface area (Å²) in [5.41, 5.74) is 1.41. The molecule has 0 fully saturated rings. The lowest BCUT2D eigenvalue weighted by molar-refractivity contribution is -0.0660. The number of aromatic amines is 1. The molecule has 1 aliphatic heterocycles. The SMILES string of the molecule is Cc1cn([C@H]2O[C@@H](CO)Cc3ccccc32)c(=O)[nH]c1=O. The van der Waals surface area contributed by atoms with Gasteiger partial charge in [-0.2, -0.15) is 0 Å². The first-order chi connectivity index (χ1) is 10.1. The Morgan fingerprint density at radius 2 is 2.14 bits per heavy atom. The molecule has 2 N–H and O–H groups in total. The number of aromatic nitrogens is 2. The number of hydrogen-bond acceptors (Lipinski definition) is 4. The Labute approximate surface area is 120 Å². The monoisotopic (exact) mass is 288 g/mol. The molecule has 0 saturated heterocycles. The summed E-state index contributed by atoms with van der Waals surface area (Å²) in [7, 11) is 0. The molecule has 0 saturated carbocycles. The van der Waals surface area contributed by atoms with Crippen molar-refractivity contribution in [3.63, 3.8) is 0 Å². The number of hydrogen-bond donors (Lipinski definition) is 2. The van der Waals surface area contributed by atoms with E-state index in [2.05, 4.69) is 4.98 Å². The number of ether oxygens (including phenoxy) is 1. The van der Waals surface area contributed by atoms with Crippen molar-refractivity contribution in [2.24, 2.45) is 0 Å². The van der Waals surface area contributed by atoms with Gasteiger partial charge in [-0.3, -0.25) is 14.3 Å². The third-order valence-corrected chi connectivity index (χ3v) is 3.69. The molecular formula is C15H16N2O4. The molecule has 0 spiro atoms. The summed E-state index contributed by atoms with van der Waals surface area (Å²) in [4.78, 5) is 25.8. The predicted octanol–water partition coefficient (Wildman–Crippen LogP) is 0.326. The number of aliphatic hydroxyl groups is 1. The highest BCUT2D eigenvalue weighted by molar-refractivity contribution is 5.32. The van der Waals surface area contributed by atoms with Gasteiger partial charge in [0.05, 0.1) is 12.7 Å². The highest BCUT2D eigenvalue weighted by Gasteiger charge is 2.29. The molecule has 0 radical (unpaired) electrons. The van der Waals surface area contributed by atoms with Crippen LogP contribution in [0.3, 0.4) is 0 Å². The van der Waals surface area contributed by atoms with Gasteiger partial charge in [0, 0.05) is 23.7 Å². The van der Waals surface area contributed by atoms with Crippen LogP contribution >= 0.6 is 0 Å². The van der Waals surface area contributed by atoms with E-state index in [1.807, 2.05) is 24.3 Å². The molecule has 0 unspecified atom stereocenters. The standard InChI is InChI=1S/C15H16N2O4/c1-9-7-17(15(20)16-13(9)19)14-12-5-3-2-4-10(12)6-11(8-18)21-14/h2-5,7,11,14,18H,6,8H2,1H3,(H,16,19,20)/t11-,14+/m1/s1. The lowest BCUT2D eigenvalue weighted by atomic mass is 9.97. The molecule has 6 heteroatoms. The average molecular weight is 288 g/mol. The van der Waals surface area contributed by atoms with Crippen LogP contribution in [0.4, 0.5) is 0 Å². The zero-order chi connectivity index (χ0) is 15.0. The number of aliphatic hydroxyl groups excluding tert-OH is 1. The lowest BCUT2D eigenvalue weighted by Crippen LogP contribution is -2.39. The molecule has 1 aliphatic rings. The summed E-state index contributed by atoms with van der Waals surface area (Å²) in [5.74, 6) is 0. The molecule has 21 heavy (non-hydrogen) atoms. The maximum absolute atomic E-state index is 12.1. The minimum Gasteiger partial charge on any atom is -0.394 e. The van der Waals surface area contributed by atoms with Crippen molar-refractivity contribution < 1.29 is 9.84 Å². The van der Waals surface area contributed by atoms with Gasteiger partial charge in [0.1, 0.15) is 0 Å². The van der Waals surface area contributed by atoms with Gasteiger partial charge >= 0.3 is 5.69 Å². The van der Waals surface area contributed by atoms with Crippen LogP contribution < -0.4 is 11.2 Å². The maximum Gasteiger partial charge on any atom is 0.330 e. The Balaban J connectivity index is 2.16. The summed E-state index contributed by atoms with van der Waals surface area (Å²) < 4.78 is 7.17. The van der Waals surface area contributed by atoms with E-state index in [9.17, 15) is 14.7 Å². The summed E-state index contributed by atoms with van der Waals surface area (Å²) in [6, 6.07) is 7.63. The van der Waals surface area contributed by atoms with Gasteiger partial charge in [0.15, 0.2) is 6.23 Å². The number of H-pyrrole nitrogens is 1. The van der Waals surface area contributed by atoms with Gasteiger partial charge in [-0.1, -0.05) is 24.3 Å². The number of nitrogens with one attached hydrogen (secondary N) is 1. The molecule has 0 aliphatic carbocycles. The molecule has 0 amide bonds. The maximum atomic E-state index is 12.1. The summed E-state index contributed by atoms with van der Waals surface area (Å²) >= 11 is 0. The lowest BCUT2D eigenvalue weighted by Gasteiger charge is -2.32. The first kappa shape index (κ1) is 13.8. The van der Waals surface area contributed by atoms with Crippen LogP contribution in [0, 0.1) is 6.92 Å². The van der Waals surface area contributed by atoms with Gasteiger partial charge in [-0.05, 0) is 12.5 Å². The van der Waals surface area contributed by atoms with Crippen molar-refractivity contribution in [2.45, 2.75) is 25.7 Å². The van der Waals surface area contributed by atoms with Gasteiger partial charge in [-0.15, -0.1) is 0 Å². The Morgan fingerprint density at radius 3 is 2.90 bits per heavy atom. The Hall–Kier alpha value is -2.18. The summed E-state index contributed by atoms with van der Waals surface area (Å²) in [5, 5.41) is 9.38. The molecule has 0 bridgehead atoms. The van der Waals surface area contributed by atoms with Crippen LogP contribution in [0.25, 0.3) is 0 Å². The van der Waals surface area contributed by atoms with Crippen LogP contribution in [-0.2, 0) is 11.2 Å². The molecule has 1 aromatic carbocycles. The number of benzene rings is 1. The molecular weight excluding hydrogens is 272 g/mol. The van der Waals surface area contributed by atoms with Crippen molar-refractivity contribution in [2.75, 3.05) is 6.61 Å². The fourth-order valence-corrected chi connectivity index (χ4v) is 2.59. The number of aryl methyl sites for hydroxylation is 1. The first-order valence-electron chi connectivity index (χ1n) is 6.76. The van der Waals surface area contributed by atoms with Gasteiger partial charge in [0.2, 0.25) is 0 Å². The molecule has 2 heterocycles. The van der Waals surface area contributed by atoms with E-state index in [1.165, 1.54) is 10.8 Å². The molecule has 110 valence electrons. The zero-order valence-corrected chi connectivity index (χ0v) is 11.6. The Kier molecular flexibility index (Phi) is 3.48. The third kappa shape index (κ3) is 2.43. The van der Waals surface area contributed by atoms with Crippen LogP contribution in [0.1, 0.15) is 22.9 Å². The van der Waals surface area contributed by atoms with E-state index < -0.39 is 17.5 Å². The van der Waals surface area contributed by atoms with Crippen LogP contribution in [0.2, 0.25) is 0 Å². The number of rotatable bonds is 2. The Bertz CT molecular complexity index is 778. The fraction of sp³-hybridized carbons (Fsp3) is 0.333. The van der Waals surface area contributed by atoms with Gasteiger partial charge in [-0.25, -0.2) is 4.79 Å². The van der Waals surface area contributed by atoms with E-state index in [0.717, 1.165) is 11.1 Å². The molecule has 6 nitrogen and oxygen atoms in total. The molecule has 3 rings (SSSR count). The molecule has 2 atom stereocenters. The minimum absolute atomic E-state index is 0.123. The van der Waals surface area contributed by atoms with E-state index >= 15 is 0 Å². The molecule has 2 aromatic rings. The second-order valence-electron chi connectivity index (χ2n) is 5.17. The highest BCUT2D eigenvalue weighted by Crippen LogP contribution is 2.30. The Morgan fingerprint density at radius 1 is 1.38 bits per heavy atom. The van der Waals surface area contributed by atoms with E-state index in [0.29, 0.717) is 12.0 Å². The quantitative estimate of drug-likeness (QED) is 0.834. The van der Waals surface area contributed by atoms with E-state index in [4.69, 9.17) is 4.74 Å². The largest absolute Gasteiger partial charge is 0.394 e.